The molecule has 80 valence electrons. The first-order valence-electron chi connectivity index (χ1n) is 5.17. The first kappa shape index (κ1) is 11.0. The van der Waals surface area contributed by atoms with Crippen molar-refractivity contribution in [1.82, 2.24) is 0 Å². The Balaban J connectivity index is 2.38. The molecule has 1 aliphatic rings. The number of rotatable bonds is 3. The average Bonchev–Trinajstić information content (AvgIpc) is 2.82. The molecule has 0 saturated carbocycles. The molecular weight excluding hydrogens is 224 g/mol. The van der Waals surface area contributed by atoms with E-state index >= 15 is 0 Å². The summed E-state index contributed by atoms with van der Waals surface area (Å²) in [4.78, 5) is 14.4. The SMILES string of the molecule is CCc1cc(C2=CC(C)CS2)c(C=O)s1. The molecule has 1 unspecified atom stereocenters. The van der Waals surface area contributed by atoms with Gasteiger partial charge in [0.15, 0.2) is 6.29 Å². The van der Waals surface area contributed by atoms with Gasteiger partial charge >= 0.3 is 0 Å². The average molecular weight is 238 g/mol. The summed E-state index contributed by atoms with van der Waals surface area (Å²) in [5, 5.41) is 0. The fourth-order valence-corrected chi connectivity index (χ4v) is 3.84. The van der Waals surface area contributed by atoms with Crippen LogP contribution in [-0.2, 0) is 6.42 Å². The molecule has 0 aliphatic carbocycles. The predicted molar refractivity (Wildman–Crippen MR) is 68.7 cm³/mol. The van der Waals surface area contributed by atoms with Crippen molar-refractivity contribution >= 4 is 34.3 Å². The van der Waals surface area contributed by atoms with E-state index in [0.29, 0.717) is 5.92 Å². The Kier molecular flexibility index (Phi) is 3.32. The molecule has 1 aliphatic heterocycles. The van der Waals surface area contributed by atoms with Crippen LogP contribution in [0.25, 0.3) is 4.91 Å². The molecule has 2 rings (SSSR count). The Hall–Kier alpha value is -0.540. The lowest BCUT2D eigenvalue weighted by molar-refractivity contribution is 0.112. The molecule has 0 radical (unpaired) electrons. The summed E-state index contributed by atoms with van der Waals surface area (Å²) in [7, 11) is 0. The van der Waals surface area contributed by atoms with E-state index in [-0.39, 0.29) is 0 Å². The van der Waals surface area contributed by atoms with Crippen molar-refractivity contribution in [1.29, 1.82) is 0 Å². The van der Waals surface area contributed by atoms with Crippen LogP contribution in [0.3, 0.4) is 0 Å². The van der Waals surface area contributed by atoms with Crippen LogP contribution in [0.2, 0.25) is 0 Å². The van der Waals surface area contributed by atoms with Crippen LogP contribution in [0.15, 0.2) is 12.1 Å². The molecule has 1 aromatic rings. The summed E-state index contributed by atoms with van der Waals surface area (Å²) < 4.78 is 0. The van der Waals surface area contributed by atoms with Crippen molar-refractivity contribution in [3.05, 3.63) is 27.5 Å². The van der Waals surface area contributed by atoms with Gasteiger partial charge in [-0.1, -0.05) is 19.9 Å². The molecule has 0 N–H and O–H groups in total. The van der Waals surface area contributed by atoms with E-state index in [1.165, 1.54) is 9.78 Å². The van der Waals surface area contributed by atoms with Crippen molar-refractivity contribution in [3.63, 3.8) is 0 Å². The van der Waals surface area contributed by atoms with Gasteiger partial charge in [-0.05, 0) is 18.4 Å². The highest BCUT2D eigenvalue weighted by molar-refractivity contribution is 8.08. The third kappa shape index (κ3) is 2.18. The third-order valence-electron chi connectivity index (χ3n) is 2.47. The van der Waals surface area contributed by atoms with Gasteiger partial charge in [0.1, 0.15) is 0 Å². The summed E-state index contributed by atoms with van der Waals surface area (Å²) in [5.74, 6) is 1.78. The molecule has 3 heteroatoms. The van der Waals surface area contributed by atoms with Gasteiger partial charge in [0.25, 0.3) is 0 Å². The Morgan fingerprint density at radius 3 is 2.93 bits per heavy atom. The number of thioether (sulfide) groups is 1. The zero-order valence-electron chi connectivity index (χ0n) is 8.95. The predicted octanol–water partition coefficient (Wildman–Crippen LogP) is 3.85. The summed E-state index contributed by atoms with van der Waals surface area (Å²) in [6, 6.07) is 2.17. The smallest absolute Gasteiger partial charge is 0.160 e. The van der Waals surface area contributed by atoms with Gasteiger partial charge < -0.3 is 0 Å². The first-order chi connectivity index (χ1) is 7.24. The molecule has 0 saturated heterocycles. The summed E-state index contributed by atoms with van der Waals surface area (Å²) in [5.41, 5.74) is 1.15. The highest BCUT2D eigenvalue weighted by atomic mass is 32.2. The Labute approximate surface area is 98.6 Å². The zero-order chi connectivity index (χ0) is 10.8. The second kappa shape index (κ2) is 4.54. The minimum Gasteiger partial charge on any atom is -0.297 e. The lowest BCUT2D eigenvalue weighted by Gasteiger charge is -1.97. The topological polar surface area (TPSA) is 17.1 Å². The van der Waals surface area contributed by atoms with E-state index < -0.39 is 0 Å². The molecule has 1 nitrogen and oxygen atoms in total. The zero-order valence-corrected chi connectivity index (χ0v) is 10.6. The van der Waals surface area contributed by atoms with Crippen molar-refractivity contribution in [2.24, 2.45) is 5.92 Å². The van der Waals surface area contributed by atoms with E-state index in [9.17, 15) is 4.79 Å². The van der Waals surface area contributed by atoms with Crippen molar-refractivity contribution in [2.75, 3.05) is 5.75 Å². The Morgan fingerprint density at radius 2 is 2.40 bits per heavy atom. The molecule has 0 spiro atoms. The highest BCUT2D eigenvalue weighted by Crippen LogP contribution is 2.40. The molecular formula is C12H14OS2. The Bertz CT molecular complexity index is 404. The van der Waals surface area contributed by atoms with Crippen LogP contribution in [0.4, 0.5) is 0 Å². The van der Waals surface area contributed by atoms with Crippen molar-refractivity contribution < 1.29 is 4.79 Å². The summed E-state index contributed by atoms with van der Waals surface area (Å²) in [6.45, 7) is 4.34. The third-order valence-corrected chi connectivity index (χ3v) is 5.03. The van der Waals surface area contributed by atoms with E-state index in [1.807, 2.05) is 11.8 Å². The van der Waals surface area contributed by atoms with E-state index in [4.69, 9.17) is 0 Å². The largest absolute Gasteiger partial charge is 0.297 e. The van der Waals surface area contributed by atoms with Crippen molar-refractivity contribution in [3.8, 4) is 0 Å². The highest BCUT2D eigenvalue weighted by Gasteiger charge is 2.18. The number of carbonyl (C=O) groups is 1. The second-order valence-corrected chi connectivity index (χ2v) is 6.01. The number of aldehydes is 1. The van der Waals surface area contributed by atoms with E-state index in [0.717, 1.165) is 28.9 Å². The Morgan fingerprint density at radius 1 is 1.60 bits per heavy atom. The van der Waals surface area contributed by atoms with Gasteiger partial charge in [0.2, 0.25) is 0 Å². The molecule has 1 aromatic heterocycles. The number of allylic oxidation sites excluding steroid dienone is 1. The monoisotopic (exact) mass is 238 g/mol. The van der Waals surface area contributed by atoms with Gasteiger partial charge in [-0.3, -0.25) is 4.79 Å². The maximum atomic E-state index is 11.0. The second-order valence-electron chi connectivity index (χ2n) is 3.78. The standard InChI is InChI=1S/C12H14OS2/c1-3-9-5-10(12(6-13)15-9)11-4-8(2)7-14-11/h4-6,8H,3,7H2,1-2H3. The number of aryl methyl sites for hydroxylation is 1. The van der Waals surface area contributed by atoms with Crippen LogP contribution in [0.1, 0.15) is 34.0 Å². The van der Waals surface area contributed by atoms with Gasteiger partial charge in [-0.2, -0.15) is 0 Å². The first-order valence-corrected chi connectivity index (χ1v) is 6.97. The maximum absolute atomic E-state index is 11.0. The fourth-order valence-electron chi connectivity index (χ4n) is 1.66. The van der Waals surface area contributed by atoms with Crippen LogP contribution >= 0.6 is 23.1 Å². The van der Waals surface area contributed by atoms with Crippen LogP contribution in [0.5, 0.6) is 0 Å². The summed E-state index contributed by atoms with van der Waals surface area (Å²) in [6.07, 6.45) is 4.28. The van der Waals surface area contributed by atoms with Gasteiger partial charge in [0.05, 0.1) is 4.88 Å². The van der Waals surface area contributed by atoms with Crippen LogP contribution < -0.4 is 0 Å². The molecule has 15 heavy (non-hydrogen) atoms. The van der Waals surface area contributed by atoms with Gasteiger partial charge in [-0.25, -0.2) is 0 Å². The van der Waals surface area contributed by atoms with Crippen molar-refractivity contribution in [2.45, 2.75) is 20.3 Å². The van der Waals surface area contributed by atoms with Gasteiger partial charge in [0, 0.05) is 21.1 Å². The molecule has 0 amide bonds. The number of hydrogen-bond donors (Lipinski definition) is 0. The van der Waals surface area contributed by atoms with E-state index in [1.54, 1.807) is 11.3 Å². The normalized spacial score (nSPS) is 20.4. The number of hydrogen-bond acceptors (Lipinski definition) is 3. The molecule has 2 heterocycles. The summed E-state index contributed by atoms with van der Waals surface area (Å²) >= 11 is 3.49. The molecule has 1 atom stereocenters. The minimum absolute atomic E-state index is 0.634. The number of carbonyl (C=O) groups excluding carboxylic acids is 1. The lowest BCUT2D eigenvalue weighted by atomic mass is 10.1. The molecule has 0 aromatic carbocycles. The minimum atomic E-state index is 0.634. The van der Waals surface area contributed by atoms with Gasteiger partial charge in [-0.15, -0.1) is 23.1 Å². The fraction of sp³-hybridized carbons (Fsp3) is 0.417. The molecule has 0 fully saturated rings. The van der Waals surface area contributed by atoms with Crippen LogP contribution in [0, 0.1) is 5.92 Å². The lowest BCUT2D eigenvalue weighted by Crippen LogP contribution is -1.83. The quantitative estimate of drug-likeness (QED) is 0.744. The molecule has 0 bridgehead atoms. The number of thiophene rings is 1. The maximum Gasteiger partial charge on any atom is 0.160 e. The van der Waals surface area contributed by atoms with Crippen LogP contribution in [-0.4, -0.2) is 12.0 Å². The van der Waals surface area contributed by atoms with E-state index in [2.05, 4.69) is 26.0 Å².